The zero-order chi connectivity index (χ0) is 18.7. The van der Waals surface area contributed by atoms with Crippen LogP contribution in [0, 0.1) is 6.92 Å². The lowest BCUT2D eigenvalue weighted by Crippen LogP contribution is -2.31. The van der Waals surface area contributed by atoms with Gasteiger partial charge in [-0.1, -0.05) is 18.2 Å². The summed E-state index contributed by atoms with van der Waals surface area (Å²) in [6, 6.07) is 10.1. The van der Waals surface area contributed by atoms with Gasteiger partial charge < -0.3 is 14.1 Å². The molecule has 0 aliphatic carbocycles. The molecular formula is C18H17N3O5. The monoisotopic (exact) mass is 355 g/mol. The number of hydrogen-bond donors (Lipinski definition) is 1. The third-order valence-corrected chi connectivity index (χ3v) is 3.83. The molecule has 1 N–H and O–H groups in total. The second-order valence-corrected chi connectivity index (χ2v) is 5.79. The maximum Gasteiger partial charge on any atom is 0.359 e. The van der Waals surface area contributed by atoms with Crippen LogP contribution in [0.2, 0.25) is 0 Å². The molecule has 2 aromatic heterocycles. The summed E-state index contributed by atoms with van der Waals surface area (Å²) in [7, 11) is 1.58. The molecule has 2 heterocycles. The van der Waals surface area contributed by atoms with Gasteiger partial charge in [0.05, 0.1) is 11.9 Å². The number of aryl methyl sites for hydroxylation is 1. The van der Waals surface area contributed by atoms with Gasteiger partial charge in [0.15, 0.2) is 12.3 Å². The van der Waals surface area contributed by atoms with Crippen molar-refractivity contribution in [2.24, 2.45) is 0 Å². The Morgan fingerprint density at radius 3 is 2.62 bits per heavy atom. The third kappa shape index (κ3) is 3.64. The first-order chi connectivity index (χ1) is 12.5. The normalized spacial score (nSPS) is 10.7. The number of H-pyrrole nitrogens is 1. The van der Waals surface area contributed by atoms with Gasteiger partial charge in [-0.3, -0.25) is 9.59 Å². The fourth-order valence-electron chi connectivity index (χ4n) is 2.47. The molecule has 26 heavy (non-hydrogen) atoms. The van der Waals surface area contributed by atoms with Crippen molar-refractivity contribution >= 4 is 22.6 Å². The lowest BCUT2D eigenvalue weighted by Gasteiger charge is -2.15. The van der Waals surface area contributed by atoms with Crippen LogP contribution in [0.25, 0.3) is 10.8 Å². The van der Waals surface area contributed by atoms with Crippen LogP contribution >= 0.6 is 0 Å². The van der Waals surface area contributed by atoms with E-state index in [1.54, 1.807) is 43.4 Å². The number of aromatic nitrogens is 2. The lowest BCUT2D eigenvalue weighted by molar-refractivity contribution is -0.134. The Morgan fingerprint density at radius 2 is 1.92 bits per heavy atom. The number of fused-ring (bicyclic) bond motifs is 1. The number of benzene rings is 1. The predicted octanol–water partition coefficient (Wildman–Crippen LogP) is 1.64. The minimum absolute atomic E-state index is 0.0442. The van der Waals surface area contributed by atoms with Crippen molar-refractivity contribution in [1.29, 1.82) is 0 Å². The van der Waals surface area contributed by atoms with E-state index in [1.807, 2.05) is 6.92 Å². The van der Waals surface area contributed by atoms with E-state index in [-0.39, 0.29) is 18.1 Å². The number of amides is 1. The second kappa shape index (κ2) is 7.22. The van der Waals surface area contributed by atoms with Gasteiger partial charge in [0.1, 0.15) is 11.5 Å². The molecule has 0 bridgehead atoms. The van der Waals surface area contributed by atoms with Gasteiger partial charge in [0.2, 0.25) is 0 Å². The summed E-state index contributed by atoms with van der Waals surface area (Å²) in [6.07, 6.45) is 0. The van der Waals surface area contributed by atoms with Crippen molar-refractivity contribution in [2.75, 3.05) is 13.7 Å². The molecule has 8 heteroatoms. The highest BCUT2D eigenvalue weighted by Gasteiger charge is 2.18. The van der Waals surface area contributed by atoms with Gasteiger partial charge >= 0.3 is 5.97 Å². The summed E-state index contributed by atoms with van der Waals surface area (Å²) in [5, 5.41) is 6.70. The zero-order valence-corrected chi connectivity index (χ0v) is 14.3. The van der Waals surface area contributed by atoms with Gasteiger partial charge in [-0.15, -0.1) is 0 Å². The van der Waals surface area contributed by atoms with Crippen molar-refractivity contribution < 1.29 is 18.7 Å². The largest absolute Gasteiger partial charge is 0.464 e. The van der Waals surface area contributed by atoms with Crippen LogP contribution < -0.4 is 5.56 Å². The standard InChI is InChI=1S/C18H17N3O5/c1-11-7-8-12(26-11)9-21(2)15(22)10-25-18(24)16-13-5-3-4-6-14(13)17(23)20-19-16/h3-8H,9-10H2,1-2H3,(H,20,23). The number of nitrogens with zero attached hydrogens (tertiary/aromatic N) is 2. The molecule has 0 fully saturated rings. The van der Waals surface area contributed by atoms with E-state index in [1.165, 1.54) is 4.90 Å². The molecule has 0 atom stereocenters. The molecule has 3 rings (SSSR count). The van der Waals surface area contributed by atoms with Gasteiger partial charge in [0, 0.05) is 12.4 Å². The number of furan rings is 1. The number of carbonyl (C=O) groups is 2. The molecule has 0 saturated carbocycles. The number of nitrogens with one attached hydrogen (secondary N) is 1. The number of carbonyl (C=O) groups excluding carboxylic acids is 2. The minimum Gasteiger partial charge on any atom is -0.464 e. The molecule has 0 unspecified atom stereocenters. The van der Waals surface area contributed by atoms with Crippen LogP contribution in [0.4, 0.5) is 0 Å². The first kappa shape index (κ1) is 17.4. The fourth-order valence-corrected chi connectivity index (χ4v) is 2.47. The SMILES string of the molecule is Cc1ccc(CN(C)C(=O)COC(=O)c2n[nH]c(=O)c3ccccc23)o1. The molecule has 0 aliphatic heterocycles. The molecule has 134 valence electrons. The van der Waals surface area contributed by atoms with Crippen LogP contribution in [-0.2, 0) is 16.1 Å². The predicted molar refractivity (Wildman–Crippen MR) is 92.6 cm³/mol. The number of rotatable bonds is 5. The zero-order valence-electron chi connectivity index (χ0n) is 14.3. The highest BCUT2D eigenvalue weighted by Crippen LogP contribution is 2.13. The molecule has 1 amide bonds. The Hall–Kier alpha value is -3.42. The highest BCUT2D eigenvalue weighted by molar-refractivity contribution is 6.02. The maximum absolute atomic E-state index is 12.3. The smallest absolute Gasteiger partial charge is 0.359 e. The summed E-state index contributed by atoms with van der Waals surface area (Å²) < 4.78 is 10.5. The third-order valence-electron chi connectivity index (χ3n) is 3.83. The molecular weight excluding hydrogens is 338 g/mol. The Balaban J connectivity index is 1.66. The van der Waals surface area contributed by atoms with Crippen LogP contribution in [0.15, 0.2) is 45.6 Å². The Bertz CT molecular complexity index is 1020. The summed E-state index contributed by atoms with van der Waals surface area (Å²) in [5.41, 5.74) is -0.445. The van der Waals surface area contributed by atoms with Crippen molar-refractivity contribution in [3.63, 3.8) is 0 Å². The minimum atomic E-state index is -0.784. The number of hydrogen-bond acceptors (Lipinski definition) is 6. The van der Waals surface area contributed by atoms with Crippen molar-refractivity contribution in [2.45, 2.75) is 13.5 Å². The van der Waals surface area contributed by atoms with E-state index >= 15 is 0 Å². The first-order valence-corrected chi connectivity index (χ1v) is 7.89. The number of esters is 1. The summed E-state index contributed by atoms with van der Waals surface area (Å²) >= 11 is 0. The van der Waals surface area contributed by atoms with Crippen molar-refractivity contribution in [3.8, 4) is 0 Å². The molecule has 3 aromatic rings. The van der Waals surface area contributed by atoms with E-state index < -0.39 is 18.1 Å². The Kier molecular flexibility index (Phi) is 4.83. The molecule has 0 radical (unpaired) electrons. The highest BCUT2D eigenvalue weighted by atomic mass is 16.5. The van der Waals surface area contributed by atoms with Gasteiger partial charge in [-0.05, 0) is 25.1 Å². The average molecular weight is 355 g/mol. The number of ether oxygens (including phenoxy) is 1. The van der Waals surface area contributed by atoms with Gasteiger partial charge in [-0.25, -0.2) is 9.89 Å². The summed E-state index contributed by atoms with van der Waals surface area (Å²) in [6.45, 7) is 1.64. The lowest BCUT2D eigenvalue weighted by atomic mass is 10.1. The van der Waals surface area contributed by atoms with Crippen molar-refractivity contribution in [3.05, 3.63) is 64.0 Å². The molecule has 8 nitrogen and oxygen atoms in total. The second-order valence-electron chi connectivity index (χ2n) is 5.79. The van der Waals surface area contributed by atoms with E-state index in [0.717, 1.165) is 5.76 Å². The first-order valence-electron chi connectivity index (χ1n) is 7.89. The number of aromatic amines is 1. The summed E-state index contributed by atoms with van der Waals surface area (Å²) in [5.74, 6) is 0.218. The maximum atomic E-state index is 12.3. The van der Waals surface area contributed by atoms with Crippen LogP contribution in [-0.4, -0.2) is 40.6 Å². The molecule has 0 saturated heterocycles. The average Bonchev–Trinajstić information content (AvgIpc) is 3.04. The molecule has 1 aromatic carbocycles. The van der Waals surface area contributed by atoms with Gasteiger partial charge in [0.25, 0.3) is 11.5 Å². The Labute approximate surface area is 148 Å². The quantitative estimate of drug-likeness (QED) is 0.698. The van der Waals surface area contributed by atoms with Crippen LogP contribution in [0.1, 0.15) is 22.0 Å². The van der Waals surface area contributed by atoms with Crippen LogP contribution in [0.5, 0.6) is 0 Å². The van der Waals surface area contributed by atoms with E-state index in [0.29, 0.717) is 16.5 Å². The molecule has 0 aliphatic rings. The van der Waals surface area contributed by atoms with E-state index in [2.05, 4.69) is 10.2 Å². The number of likely N-dealkylation sites (N-methyl/N-ethyl adjacent to an activating group) is 1. The van der Waals surface area contributed by atoms with E-state index in [4.69, 9.17) is 9.15 Å². The summed E-state index contributed by atoms with van der Waals surface area (Å²) in [4.78, 5) is 37.5. The fraction of sp³-hybridized carbons (Fsp3) is 0.222. The molecule has 0 spiro atoms. The van der Waals surface area contributed by atoms with Crippen molar-refractivity contribution in [1.82, 2.24) is 15.1 Å². The van der Waals surface area contributed by atoms with Gasteiger partial charge in [-0.2, -0.15) is 5.10 Å². The van der Waals surface area contributed by atoms with Crippen LogP contribution in [0.3, 0.4) is 0 Å². The van der Waals surface area contributed by atoms with E-state index in [9.17, 15) is 14.4 Å². The Morgan fingerprint density at radius 1 is 1.19 bits per heavy atom. The topological polar surface area (TPSA) is 105 Å².